The molecule has 2 amide bonds. The number of likely N-dealkylation sites (N-methyl/N-ethyl adjacent to an activating group) is 1. The molecule has 0 bridgehead atoms. The number of anilines is 1. The smallest absolute Gasteiger partial charge is 0.236 e. The number of carbonyl (C=O) groups is 2. The molecule has 2 aliphatic carbocycles. The quantitative estimate of drug-likeness (QED) is 0.599. The summed E-state index contributed by atoms with van der Waals surface area (Å²) >= 11 is 3.05. The first-order valence-corrected chi connectivity index (χ1v) is 13.2. The van der Waals surface area contributed by atoms with E-state index < -0.39 is 6.10 Å². The average molecular weight is 466 g/mol. The summed E-state index contributed by atoms with van der Waals surface area (Å²) in [5, 5.41) is 15.1. The van der Waals surface area contributed by atoms with Crippen molar-refractivity contribution in [1.82, 2.24) is 9.88 Å². The van der Waals surface area contributed by atoms with Gasteiger partial charge in [-0.1, -0.05) is 26.8 Å². The van der Waals surface area contributed by atoms with Crippen molar-refractivity contribution in [3.63, 3.8) is 0 Å². The highest BCUT2D eigenvalue weighted by molar-refractivity contribution is 7.99. The van der Waals surface area contributed by atoms with Crippen molar-refractivity contribution >= 4 is 40.0 Å². The Bertz CT molecular complexity index is 842. The standard InChI is InChI=1S/C23H35N3O3S2/c1-7-10-26(5)21(29)13(2)15-8-9-23(4)11-16-19(14(3)18(23)20(15)28)25-22(31-16)24-17(27)12-30-6/h7,13-15,18,20,28H,1,8-12H2,2-6H3,(H,24,25,27)/t13-,14+,15+,18+,20-,23+/m0/s1. The van der Waals surface area contributed by atoms with Crippen LogP contribution in [-0.4, -0.2) is 58.5 Å². The van der Waals surface area contributed by atoms with Crippen LogP contribution in [-0.2, 0) is 16.0 Å². The van der Waals surface area contributed by atoms with Crippen LogP contribution < -0.4 is 5.32 Å². The van der Waals surface area contributed by atoms with Crippen LogP contribution in [0.5, 0.6) is 0 Å². The molecular formula is C23H35N3O3S2. The molecule has 0 radical (unpaired) electrons. The second kappa shape index (κ2) is 9.63. The van der Waals surface area contributed by atoms with E-state index in [0.29, 0.717) is 17.4 Å². The van der Waals surface area contributed by atoms with Crippen LogP contribution >= 0.6 is 23.1 Å². The summed E-state index contributed by atoms with van der Waals surface area (Å²) in [7, 11) is 1.79. The lowest BCUT2D eigenvalue weighted by molar-refractivity contribution is -0.143. The van der Waals surface area contributed by atoms with Gasteiger partial charge < -0.3 is 15.3 Å². The lowest BCUT2D eigenvalue weighted by Gasteiger charge is -2.53. The number of thioether (sulfide) groups is 1. The first kappa shape index (κ1) is 24.3. The van der Waals surface area contributed by atoms with E-state index in [1.54, 1.807) is 29.4 Å². The van der Waals surface area contributed by atoms with E-state index in [9.17, 15) is 14.7 Å². The van der Waals surface area contributed by atoms with Crippen LogP contribution in [0.15, 0.2) is 12.7 Å². The number of thiazole rings is 1. The van der Waals surface area contributed by atoms with Crippen LogP contribution in [0.1, 0.15) is 50.1 Å². The van der Waals surface area contributed by atoms with Gasteiger partial charge in [0.25, 0.3) is 0 Å². The van der Waals surface area contributed by atoms with E-state index in [1.807, 2.05) is 13.2 Å². The van der Waals surface area contributed by atoms with E-state index in [2.05, 4.69) is 25.7 Å². The average Bonchev–Trinajstić information content (AvgIpc) is 3.09. The van der Waals surface area contributed by atoms with E-state index in [0.717, 1.165) is 25.0 Å². The fourth-order valence-electron chi connectivity index (χ4n) is 5.70. The minimum atomic E-state index is -0.561. The van der Waals surface area contributed by atoms with Crippen molar-refractivity contribution in [1.29, 1.82) is 0 Å². The number of nitrogens with zero attached hydrogens (tertiary/aromatic N) is 2. The molecule has 1 heterocycles. The van der Waals surface area contributed by atoms with Crippen LogP contribution in [0.25, 0.3) is 0 Å². The Morgan fingerprint density at radius 2 is 2.23 bits per heavy atom. The van der Waals surface area contributed by atoms with Crippen molar-refractivity contribution in [2.24, 2.45) is 23.2 Å². The lowest BCUT2D eigenvalue weighted by Crippen LogP contribution is -2.53. The summed E-state index contributed by atoms with van der Waals surface area (Å²) in [5.41, 5.74) is 0.958. The van der Waals surface area contributed by atoms with Crippen LogP contribution in [0, 0.1) is 23.2 Å². The number of fused-ring (bicyclic) bond motifs is 2. The minimum absolute atomic E-state index is 0.0361. The monoisotopic (exact) mass is 465 g/mol. The molecule has 0 aromatic carbocycles. The SMILES string of the molecule is C=CCN(C)C(=O)[C@@H](C)[C@H]1CC[C@]2(C)Cc3sc(NC(=O)CSC)nc3[C@H](C)[C@@H]2[C@H]1O. The number of amides is 2. The molecular weight excluding hydrogens is 430 g/mol. The summed E-state index contributed by atoms with van der Waals surface area (Å²) in [6, 6.07) is 0. The number of aliphatic hydroxyl groups excluding tert-OH is 1. The Labute approximate surface area is 193 Å². The molecule has 0 unspecified atom stereocenters. The molecule has 2 N–H and O–H groups in total. The highest BCUT2D eigenvalue weighted by Crippen LogP contribution is 2.57. The van der Waals surface area contributed by atoms with Crippen LogP contribution in [0.2, 0.25) is 0 Å². The van der Waals surface area contributed by atoms with Crippen molar-refractivity contribution in [2.75, 3.05) is 30.9 Å². The van der Waals surface area contributed by atoms with Gasteiger partial charge in [0.15, 0.2) is 5.13 Å². The number of hydrogen-bond acceptors (Lipinski definition) is 6. The minimum Gasteiger partial charge on any atom is -0.392 e. The number of hydrogen-bond donors (Lipinski definition) is 2. The Kier molecular flexibility index (Phi) is 7.54. The van der Waals surface area contributed by atoms with Gasteiger partial charge in [-0.15, -0.1) is 17.9 Å². The maximum Gasteiger partial charge on any atom is 0.236 e. The molecule has 2 aliphatic rings. The zero-order chi connectivity index (χ0) is 22.9. The second-order valence-electron chi connectivity index (χ2n) is 9.44. The van der Waals surface area contributed by atoms with Crippen molar-refractivity contribution < 1.29 is 14.7 Å². The highest BCUT2D eigenvalue weighted by atomic mass is 32.2. The summed E-state index contributed by atoms with van der Waals surface area (Å²) in [4.78, 5) is 32.5. The topological polar surface area (TPSA) is 82.5 Å². The molecule has 1 saturated carbocycles. The first-order chi connectivity index (χ1) is 14.6. The Balaban J connectivity index is 1.82. The van der Waals surface area contributed by atoms with Gasteiger partial charge in [-0.2, -0.15) is 11.8 Å². The third-order valence-corrected chi connectivity index (χ3v) is 8.79. The van der Waals surface area contributed by atoms with Crippen molar-refractivity contribution in [2.45, 2.75) is 52.1 Å². The van der Waals surface area contributed by atoms with Gasteiger partial charge >= 0.3 is 0 Å². The number of carbonyl (C=O) groups excluding carboxylic acids is 2. The van der Waals surface area contributed by atoms with E-state index >= 15 is 0 Å². The summed E-state index contributed by atoms with van der Waals surface area (Å²) in [6.07, 6.45) is 5.73. The molecule has 0 saturated heterocycles. The molecule has 31 heavy (non-hydrogen) atoms. The van der Waals surface area contributed by atoms with Gasteiger partial charge in [-0.05, 0) is 42.8 Å². The Hall–Kier alpha value is -1.38. The summed E-state index contributed by atoms with van der Waals surface area (Å²) < 4.78 is 0. The summed E-state index contributed by atoms with van der Waals surface area (Å²) in [6.45, 7) is 10.6. The molecule has 6 nitrogen and oxygen atoms in total. The first-order valence-electron chi connectivity index (χ1n) is 10.9. The predicted molar refractivity (Wildman–Crippen MR) is 129 cm³/mol. The van der Waals surface area contributed by atoms with Gasteiger partial charge in [0.2, 0.25) is 11.8 Å². The summed E-state index contributed by atoms with van der Waals surface area (Å²) in [5.74, 6) is 0.233. The predicted octanol–water partition coefficient (Wildman–Crippen LogP) is 3.78. The molecule has 8 heteroatoms. The fourth-order valence-corrected chi connectivity index (χ4v) is 7.32. The molecule has 6 atom stereocenters. The Morgan fingerprint density at radius 1 is 1.52 bits per heavy atom. The fraction of sp³-hybridized carbons (Fsp3) is 0.696. The van der Waals surface area contributed by atoms with E-state index in [-0.39, 0.29) is 40.9 Å². The van der Waals surface area contributed by atoms with Gasteiger partial charge in [-0.3, -0.25) is 9.59 Å². The molecule has 172 valence electrons. The Morgan fingerprint density at radius 3 is 2.87 bits per heavy atom. The zero-order valence-electron chi connectivity index (χ0n) is 19.2. The third-order valence-electron chi connectivity index (χ3n) is 7.25. The lowest BCUT2D eigenvalue weighted by atomic mass is 9.53. The van der Waals surface area contributed by atoms with Crippen LogP contribution in [0.4, 0.5) is 5.13 Å². The molecule has 0 aliphatic heterocycles. The molecule has 1 fully saturated rings. The molecule has 3 rings (SSSR count). The van der Waals surface area contributed by atoms with E-state index in [4.69, 9.17) is 4.98 Å². The van der Waals surface area contributed by atoms with Crippen LogP contribution in [0.3, 0.4) is 0 Å². The third kappa shape index (κ3) is 4.71. The number of nitrogens with one attached hydrogen (secondary N) is 1. The van der Waals surface area contributed by atoms with Crippen molar-refractivity contribution in [3.8, 4) is 0 Å². The normalized spacial score (nSPS) is 30.6. The maximum absolute atomic E-state index is 12.9. The molecule has 0 spiro atoms. The maximum atomic E-state index is 12.9. The second-order valence-corrected chi connectivity index (χ2v) is 11.4. The van der Waals surface area contributed by atoms with Gasteiger partial charge in [0.1, 0.15) is 0 Å². The van der Waals surface area contributed by atoms with Gasteiger partial charge in [-0.25, -0.2) is 4.98 Å². The van der Waals surface area contributed by atoms with Gasteiger partial charge in [0.05, 0.1) is 17.6 Å². The van der Waals surface area contributed by atoms with Gasteiger partial charge in [0, 0.05) is 30.3 Å². The number of rotatable bonds is 7. The largest absolute Gasteiger partial charge is 0.392 e. The molecule has 1 aromatic heterocycles. The number of aliphatic hydroxyl groups is 1. The van der Waals surface area contributed by atoms with E-state index in [1.165, 1.54) is 16.6 Å². The molecule has 1 aromatic rings. The zero-order valence-corrected chi connectivity index (χ0v) is 20.8. The number of aromatic nitrogens is 1. The van der Waals surface area contributed by atoms with Crippen molar-refractivity contribution in [3.05, 3.63) is 23.2 Å². The highest BCUT2D eigenvalue weighted by Gasteiger charge is 2.54.